The molecule has 35 heavy (non-hydrogen) atoms. The lowest BCUT2D eigenvalue weighted by atomic mass is 9.87. The number of carbonyl (C=O) groups is 2. The summed E-state index contributed by atoms with van der Waals surface area (Å²) in [5.74, 6) is -1.11. The molecule has 0 spiro atoms. The Bertz CT molecular complexity index is 1080. The van der Waals surface area contributed by atoms with Crippen LogP contribution in [0.2, 0.25) is 0 Å². The van der Waals surface area contributed by atoms with E-state index in [1.807, 2.05) is 0 Å². The van der Waals surface area contributed by atoms with Crippen LogP contribution in [0.1, 0.15) is 53.3 Å². The summed E-state index contributed by atoms with van der Waals surface area (Å²) in [4.78, 5) is 30.2. The zero-order valence-electron chi connectivity index (χ0n) is 19.0. The number of halogens is 3. The monoisotopic (exact) mass is 490 g/mol. The van der Waals surface area contributed by atoms with Gasteiger partial charge in [0.15, 0.2) is 6.10 Å². The van der Waals surface area contributed by atoms with Gasteiger partial charge in [-0.15, -0.1) is 13.2 Å². The maximum atomic E-state index is 12.9. The Morgan fingerprint density at radius 1 is 1.09 bits per heavy atom. The molecule has 1 amide bonds. The summed E-state index contributed by atoms with van der Waals surface area (Å²) >= 11 is 0. The van der Waals surface area contributed by atoms with Crippen molar-refractivity contribution in [3.8, 4) is 5.75 Å². The second-order valence-corrected chi connectivity index (χ2v) is 8.55. The molecule has 186 valence electrons. The lowest BCUT2D eigenvalue weighted by Gasteiger charge is -2.19. The number of esters is 1. The smallest absolute Gasteiger partial charge is 0.465 e. The number of rotatable bonds is 7. The van der Waals surface area contributed by atoms with Gasteiger partial charge in [0.1, 0.15) is 5.75 Å². The summed E-state index contributed by atoms with van der Waals surface area (Å²) in [5.41, 5.74) is 2.84. The molecular weight excluding hydrogens is 465 g/mol. The number of carbonyl (C=O) groups excluding carboxylic acids is 2. The van der Waals surface area contributed by atoms with E-state index in [1.54, 1.807) is 24.3 Å². The third-order valence-electron chi connectivity index (χ3n) is 6.30. The van der Waals surface area contributed by atoms with Crippen LogP contribution in [-0.2, 0) is 20.9 Å². The molecule has 0 saturated heterocycles. The molecule has 0 aromatic heterocycles. The van der Waals surface area contributed by atoms with Crippen LogP contribution >= 0.6 is 0 Å². The van der Waals surface area contributed by atoms with Gasteiger partial charge in [0.05, 0.1) is 18.4 Å². The van der Waals surface area contributed by atoms with Crippen LogP contribution in [0.25, 0.3) is 0 Å². The average molecular weight is 490 g/mol. The highest BCUT2D eigenvalue weighted by molar-refractivity contribution is 5.93. The van der Waals surface area contributed by atoms with E-state index in [1.165, 1.54) is 31.4 Å². The number of ether oxygens (including phenoxy) is 2. The van der Waals surface area contributed by atoms with E-state index in [2.05, 4.69) is 15.2 Å². The van der Waals surface area contributed by atoms with Gasteiger partial charge in [-0.25, -0.2) is 4.79 Å². The zero-order chi connectivity index (χ0) is 25.0. The normalized spacial score (nSPS) is 21.7. The van der Waals surface area contributed by atoms with E-state index >= 15 is 0 Å². The molecule has 1 aliphatic carbocycles. The van der Waals surface area contributed by atoms with Gasteiger partial charge >= 0.3 is 12.3 Å². The summed E-state index contributed by atoms with van der Waals surface area (Å²) in [5, 5.41) is 7.16. The van der Waals surface area contributed by atoms with Crippen LogP contribution in [-0.4, -0.2) is 31.1 Å². The highest BCUT2D eigenvalue weighted by atomic mass is 19.4. The fourth-order valence-corrected chi connectivity index (χ4v) is 4.55. The Morgan fingerprint density at radius 2 is 1.80 bits per heavy atom. The Labute approximate surface area is 200 Å². The molecule has 0 bridgehead atoms. The lowest BCUT2D eigenvalue weighted by Crippen LogP contribution is -2.34. The van der Waals surface area contributed by atoms with Gasteiger partial charge in [-0.3, -0.25) is 4.79 Å². The second-order valence-electron chi connectivity index (χ2n) is 8.55. The third kappa shape index (κ3) is 6.12. The number of amides is 1. The number of hydrogen-bond donors (Lipinski definition) is 1. The molecule has 1 aliphatic heterocycles. The molecule has 2 aromatic rings. The second kappa shape index (κ2) is 10.4. The number of oxime groups is 1. The topological polar surface area (TPSA) is 86.2 Å². The standard InChI is InChI=1S/C25H25F3N2O5/c1-33-24(32)17-9-7-16(8-10-17)22-13-21(30-35-22)19-3-2-4-20(19)23(31)29-14-15-5-11-18(12-6-15)34-25(26,27)28/h5-12,19-20,22H,2-4,13-14H2,1H3,(H,29,31). The molecule has 4 rings (SSSR count). The van der Waals surface area contributed by atoms with Gasteiger partial charge in [0.25, 0.3) is 0 Å². The number of nitrogens with zero attached hydrogens (tertiary/aromatic N) is 1. The van der Waals surface area contributed by atoms with Crippen molar-refractivity contribution in [2.24, 2.45) is 17.0 Å². The largest absolute Gasteiger partial charge is 0.573 e. The minimum atomic E-state index is -4.74. The first-order chi connectivity index (χ1) is 16.7. The summed E-state index contributed by atoms with van der Waals surface area (Å²) < 4.78 is 45.5. The van der Waals surface area contributed by atoms with Crippen LogP contribution in [0.15, 0.2) is 53.7 Å². The van der Waals surface area contributed by atoms with Gasteiger partial charge in [-0.1, -0.05) is 35.8 Å². The van der Waals surface area contributed by atoms with Crippen LogP contribution in [0.3, 0.4) is 0 Å². The van der Waals surface area contributed by atoms with Crippen LogP contribution in [0.5, 0.6) is 5.75 Å². The lowest BCUT2D eigenvalue weighted by molar-refractivity contribution is -0.274. The molecule has 1 saturated carbocycles. The maximum Gasteiger partial charge on any atom is 0.573 e. The van der Waals surface area contributed by atoms with E-state index in [-0.39, 0.29) is 36.1 Å². The fourth-order valence-electron chi connectivity index (χ4n) is 4.55. The van der Waals surface area contributed by atoms with Crippen molar-refractivity contribution in [3.05, 3.63) is 65.2 Å². The van der Waals surface area contributed by atoms with Crippen molar-refractivity contribution in [1.82, 2.24) is 5.32 Å². The molecule has 7 nitrogen and oxygen atoms in total. The molecule has 1 N–H and O–H groups in total. The van der Waals surface area contributed by atoms with Crippen molar-refractivity contribution < 1.29 is 37.1 Å². The Hall–Kier alpha value is -3.56. The average Bonchev–Trinajstić information content (AvgIpc) is 3.52. The van der Waals surface area contributed by atoms with Crippen molar-refractivity contribution in [3.63, 3.8) is 0 Å². The van der Waals surface area contributed by atoms with Gasteiger partial charge in [0, 0.05) is 24.8 Å². The van der Waals surface area contributed by atoms with Gasteiger partial charge in [-0.2, -0.15) is 0 Å². The zero-order valence-corrected chi connectivity index (χ0v) is 19.0. The Morgan fingerprint density at radius 3 is 2.46 bits per heavy atom. The van der Waals surface area contributed by atoms with E-state index in [0.29, 0.717) is 17.5 Å². The molecule has 0 radical (unpaired) electrons. The fraction of sp³-hybridized carbons (Fsp3) is 0.400. The highest BCUT2D eigenvalue weighted by Gasteiger charge is 2.39. The molecule has 3 unspecified atom stereocenters. The maximum absolute atomic E-state index is 12.9. The molecule has 1 fully saturated rings. The molecule has 3 atom stereocenters. The van der Waals surface area contributed by atoms with Gasteiger partial charge in [-0.05, 0) is 48.2 Å². The molecule has 1 heterocycles. The number of alkyl halides is 3. The van der Waals surface area contributed by atoms with Crippen LogP contribution < -0.4 is 10.1 Å². The summed E-state index contributed by atoms with van der Waals surface area (Å²) in [7, 11) is 1.33. The summed E-state index contributed by atoms with van der Waals surface area (Å²) in [6.07, 6.45) is -2.01. The van der Waals surface area contributed by atoms with Gasteiger partial charge < -0.3 is 19.6 Å². The number of hydrogen-bond acceptors (Lipinski definition) is 6. The van der Waals surface area contributed by atoms with Crippen LogP contribution in [0.4, 0.5) is 13.2 Å². The van der Waals surface area contributed by atoms with E-state index in [4.69, 9.17) is 9.57 Å². The number of methoxy groups -OCH3 is 1. The predicted octanol–water partition coefficient (Wildman–Crippen LogP) is 4.92. The minimum Gasteiger partial charge on any atom is -0.465 e. The Balaban J connectivity index is 1.31. The van der Waals surface area contributed by atoms with Crippen LogP contribution in [0, 0.1) is 11.8 Å². The SMILES string of the molecule is COC(=O)c1ccc(C2CC(C3CCCC3C(=O)NCc3ccc(OC(F)(F)F)cc3)=NO2)cc1. The molecule has 2 aromatic carbocycles. The van der Waals surface area contributed by atoms with E-state index < -0.39 is 12.3 Å². The van der Waals surface area contributed by atoms with Gasteiger partial charge in [0.2, 0.25) is 5.91 Å². The predicted molar refractivity (Wildman–Crippen MR) is 119 cm³/mol. The quantitative estimate of drug-likeness (QED) is 0.557. The van der Waals surface area contributed by atoms with E-state index in [0.717, 1.165) is 30.5 Å². The van der Waals surface area contributed by atoms with Crippen molar-refractivity contribution in [1.29, 1.82) is 0 Å². The van der Waals surface area contributed by atoms with Crippen molar-refractivity contribution >= 4 is 17.6 Å². The summed E-state index contributed by atoms with van der Waals surface area (Å²) in [6, 6.07) is 12.4. The van der Waals surface area contributed by atoms with E-state index in [9.17, 15) is 22.8 Å². The molecular formula is C25H25F3N2O5. The first-order valence-corrected chi connectivity index (χ1v) is 11.3. The first kappa shape index (κ1) is 24.6. The van der Waals surface area contributed by atoms with Crippen molar-refractivity contribution in [2.45, 2.75) is 44.7 Å². The number of nitrogens with one attached hydrogen (secondary N) is 1. The Kier molecular flexibility index (Phi) is 7.28. The number of benzene rings is 2. The molecule has 10 heteroatoms. The minimum absolute atomic E-state index is 0.0306. The summed E-state index contributed by atoms with van der Waals surface area (Å²) in [6.45, 7) is 0.201. The highest BCUT2D eigenvalue weighted by Crippen LogP contribution is 2.39. The molecule has 2 aliphatic rings. The third-order valence-corrected chi connectivity index (χ3v) is 6.30. The van der Waals surface area contributed by atoms with Crippen molar-refractivity contribution in [2.75, 3.05) is 7.11 Å². The first-order valence-electron chi connectivity index (χ1n) is 11.3.